The number of piperidine rings is 1. The number of halogens is 1. The van der Waals surface area contributed by atoms with E-state index in [4.69, 9.17) is 0 Å². The van der Waals surface area contributed by atoms with Crippen molar-refractivity contribution in [3.63, 3.8) is 0 Å². The summed E-state index contributed by atoms with van der Waals surface area (Å²) in [7, 11) is -3.87. The van der Waals surface area contributed by atoms with Crippen LogP contribution in [0.4, 0.5) is 15.8 Å². The Hall–Kier alpha value is -2.61. The van der Waals surface area contributed by atoms with Gasteiger partial charge in [0.25, 0.3) is 0 Å². The Balaban J connectivity index is 1.70. The molecule has 0 aliphatic carbocycles. The Morgan fingerprint density at radius 1 is 1.10 bits per heavy atom. The Bertz CT molecular complexity index is 989. The third-order valence-corrected chi connectivity index (χ3v) is 6.71. The lowest BCUT2D eigenvalue weighted by molar-refractivity contribution is -0.122. The van der Waals surface area contributed by atoms with Crippen molar-refractivity contribution < 1.29 is 17.6 Å². The van der Waals surface area contributed by atoms with E-state index in [-0.39, 0.29) is 18.7 Å². The topological polar surface area (TPSA) is 69.7 Å². The van der Waals surface area contributed by atoms with Crippen molar-refractivity contribution in [1.82, 2.24) is 5.32 Å². The molecule has 0 saturated carbocycles. The van der Waals surface area contributed by atoms with Crippen molar-refractivity contribution in [1.29, 1.82) is 0 Å². The molecule has 6 nitrogen and oxygen atoms in total. The maximum Gasteiger partial charge on any atom is 0.244 e. The largest absolute Gasteiger partial charge is 0.372 e. The highest BCUT2D eigenvalue weighted by atomic mass is 32.2. The molecule has 0 aromatic heterocycles. The molecule has 1 aliphatic heterocycles. The number of carbonyl (C=O) groups excluding carboxylic acids is 1. The van der Waals surface area contributed by atoms with Gasteiger partial charge in [-0.25, -0.2) is 12.8 Å². The van der Waals surface area contributed by atoms with Gasteiger partial charge in [0.05, 0.1) is 11.9 Å². The second-order valence-corrected chi connectivity index (χ2v) is 9.73. The molecule has 3 rings (SSSR count). The zero-order valence-corrected chi connectivity index (χ0v) is 18.9. The summed E-state index contributed by atoms with van der Waals surface area (Å²) in [6, 6.07) is 12.6. The lowest BCUT2D eigenvalue weighted by atomic mass is 10.1. The molecule has 0 radical (unpaired) electrons. The van der Waals surface area contributed by atoms with Crippen LogP contribution in [-0.4, -0.2) is 39.7 Å². The number of carbonyl (C=O) groups is 1. The number of para-hydroxylation sites is 1. The van der Waals surface area contributed by atoms with Gasteiger partial charge < -0.3 is 10.2 Å². The number of anilines is 2. The first kappa shape index (κ1) is 23.1. The van der Waals surface area contributed by atoms with Gasteiger partial charge >= 0.3 is 0 Å². The smallest absolute Gasteiger partial charge is 0.244 e. The summed E-state index contributed by atoms with van der Waals surface area (Å²) in [5.74, 6) is -1.15. The maximum atomic E-state index is 14.3. The van der Waals surface area contributed by atoms with Crippen molar-refractivity contribution in [3.05, 3.63) is 59.9 Å². The molecule has 31 heavy (non-hydrogen) atoms. The van der Waals surface area contributed by atoms with Crippen LogP contribution < -0.4 is 14.5 Å². The fraction of sp³-hybridized carbons (Fsp3) is 0.435. The molecule has 1 aliphatic rings. The van der Waals surface area contributed by atoms with Gasteiger partial charge in [0.1, 0.15) is 11.9 Å². The van der Waals surface area contributed by atoms with E-state index in [0.717, 1.165) is 29.2 Å². The van der Waals surface area contributed by atoms with E-state index >= 15 is 0 Å². The first-order chi connectivity index (χ1) is 14.8. The van der Waals surface area contributed by atoms with Crippen LogP contribution in [0.15, 0.2) is 48.5 Å². The zero-order valence-electron chi connectivity index (χ0n) is 18.1. The van der Waals surface area contributed by atoms with Crippen molar-refractivity contribution in [2.24, 2.45) is 0 Å². The standard InChI is InChI=1S/C23H30FN3O3S/c1-3-21(27(31(2,29)30)22-10-6-5-9-20(22)24)23(28)25-17-18-11-13-19(14-12-18)26-15-7-4-8-16-26/h5-6,9-14,21H,3-4,7-8,15-17H2,1-2H3,(H,25,28)/t21-/m0/s1. The summed E-state index contributed by atoms with van der Waals surface area (Å²) in [6.45, 7) is 4.10. The Kier molecular flexibility index (Phi) is 7.54. The second-order valence-electron chi connectivity index (χ2n) is 7.87. The first-order valence-electron chi connectivity index (χ1n) is 10.7. The van der Waals surface area contributed by atoms with Crippen LogP contribution in [0.25, 0.3) is 0 Å². The molecule has 0 unspecified atom stereocenters. The summed E-state index contributed by atoms with van der Waals surface area (Å²) < 4.78 is 40.1. The zero-order chi connectivity index (χ0) is 22.4. The fourth-order valence-corrected chi connectivity index (χ4v) is 5.16. The highest BCUT2D eigenvalue weighted by Gasteiger charge is 2.32. The molecular formula is C23H30FN3O3S. The third-order valence-electron chi connectivity index (χ3n) is 5.54. The van der Waals surface area contributed by atoms with E-state index in [1.54, 1.807) is 13.0 Å². The molecule has 1 amide bonds. The highest BCUT2D eigenvalue weighted by molar-refractivity contribution is 7.92. The molecule has 2 aromatic rings. The van der Waals surface area contributed by atoms with Crippen LogP contribution in [0, 0.1) is 5.82 Å². The number of hydrogen-bond acceptors (Lipinski definition) is 4. The molecule has 0 bridgehead atoms. The van der Waals surface area contributed by atoms with Gasteiger partial charge in [0, 0.05) is 25.3 Å². The predicted molar refractivity (Wildman–Crippen MR) is 122 cm³/mol. The molecule has 1 heterocycles. The van der Waals surface area contributed by atoms with Crippen LogP contribution in [0.2, 0.25) is 0 Å². The minimum Gasteiger partial charge on any atom is -0.372 e. The third kappa shape index (κ3) is 5.76. The van der Waals surface area contributed by atoms with E-state index in [1.165, 1.54) is 43.1 Å². The summed E-state index contributed by atoms with van der Waals surface area (Å²) in [5.41, 5.74) is 1.96. The number of benzene rings is 2. The van der Waals surface area contributed by atoms with Crippen LogP contribution in [0.5, 0.6) is 0 Å². The minimum atomic E-state index is -3.87. The Labute approximate surface area is 184 Å². The second kappa shape index (κ2) is 10.1. The molecule has 1 fully saturated rings. The highest BCUT2D eigenvalue weighted by Crippen LogP contribution is 2.25. The lowest BCUT2D eigenvalue weighted by Gasteiger charge is -2.30. The molecule has 8 heteroatoms. The van der Waals surface area contributed by atoms with Crippen molar-refractivity contribution in [2.75, 3.05) is 28.6 Å². The maximum absolute atomic E-state index is 14.3. The van der Waals surface area contributed by atoms with E-state index < -0.39 is 27.8 Å². The van der Waals surface area contributed by atoms with Crippen molar-refractivity contribution in [3.8, 4) is 0 Å². The van der Waals surface area contributed by atoms with Crippen molar-refractivity contribution in [2.45, 2.75) is 45.2 Å². The first-order valence-corrected chi connectivity index (χ1v) is 12.5. The summed E-state index contributed by atoms with van der Waals surface area (Å²) in [4.78, 5) is 15.2. The van der Waals surface area contributed by atoms with Crippen LogP contribution >= 0.6 is 0 Å². The molecule has 1 N–H and O–H groups in total. The Morgan fingerprint density at radius 2 is 1.74 bits per heavy atom. The number of sulfonamides is 1. The minimum absolute atomic E-state index is 0.127. The van der Waals surface area contributed by atoms with Crippen LogP contribution in [-0.2, 0) is 21.4 Å². The molecule has 1 saturated heterocycles. The van der Waals surface area contributed by atoms with Gasteiger partial charge in [0.2, 0.25) is 15.9 Å². The average Bonchev–Trinajstić information content (AvgIpc) is 2.76. The lowest BCUT2D eigenvalue weighted by Crippen LogP contribution is -2.49. The SMILES string of the molecule is CC[C@@H](C(=O)NCc1ccc(N2CCCCC2)cc1)N(c1ccccc1F)S(C)(=O)=O. The normalized spacial score (nSPS) is 15.4. The summed E-state index contributed by atoms with van der Waals surface area (Å²) in [6.07, 6.45) is 4.87. The fourth-order valence-electron chi connectivity index (χ4n) is 3.95. The van der Waals surface area contributed by atoms with E-state index in [1.807, 2.05) is 24.3 Å². The predicted octanol–water partition coefficient (Wildman–Crippen LogP) is 3.68. The van der Waals surface area contributed by atoms with E-state index in [9.17, 15) is 17.6 Å². The number of hydrogen-bond donors (Lipinski definition) is 1. The van der Waals surface area contributed by atoms with Gasteiger partial charge in [0.15, 0.2) is 0 Å². The quantitative estimate of drug-likeness (QED) is 0.670. The van der Waals surface area contributed by atoms with Crippen LogP contribution in [0.3, 0.4) is 0 Å². The molecule has 0 spiro atoms. The summed E-state index contributed by atoms with van der Waals surface area (Å²) >= 11 is 0. The van der Waals surface area contributed by atoms with Gasteiger partial charge in [-0.2, -0.15) is 0 Å². The number of rotatable bonds is 8. The van der Waals surface area contributed by atoms with Crippen LogP contribution in [0.1, 0.15) is 38.2 Å². The van der Waals surface area contributed by atoms with Crippen molar-refractivity contribution >= 4 is 27.3 Å². The molecule has 1 atom stereocenters. The number of nitrogens with zero attached hydrogens (tertiary/aromatic N) is 2. The number of nitrogens with one attached hydrogen (secondary N) is 1. The van der Waals surface area contributed by atoms with Gasteiger partial charge in [-0.1, -0.05) is 31.2 Å². The van der Waals surface area contributed by atoms with Gasteiger partial charge in [-0.15, -0.1) is 0 Å². The average molecular weight is 448 g/mol. The van der Waals surface area contributed by atoms with E-state index in [0.29, 0.717) is 0 Å². The van der Waals surface area contributed by atoms with Gasteiger partial charge in [-0.05, 0) is 55.5 Å². The van der Waals surface area contributed by atoms with Gasteiger partial charge in [-0.3, -0.25) is 9.10 Å². The monoisotopic (exact) mass is 447 g/mol. The summed E-state index contributed by atoms with van der Waals surface area (Å²) in [5, 5.41) is 2.81. The Morgan fingerprint density at radius 3 is 2.32 bits per heavy atom. The number of amides is 1. The molecular weight excluding hydrogens is 417 g/mol. The molecule has 168 valence electrons. The van der Waals surface area contributed by atoms with E-state index in [2.05, 4.69) is 10.2 Å². The molecule has 2 aromatic carbocycles.